The van der Waals surface area contributed by atoms with Gasteiger partial charge in [-0.1, -0.05) is 24.3 Å². The number of rotatable bonds is 4. The molecule has 140 valence electrons. The Morgan fingerprint density at radius 3 is 2.61 bits per heavy atom. The molecule has 0 radical (unpaired) electrons. The first-order chi connectivity index (χ1) is 13.5. The number of nitrogens with zero attached hydrogens (tertiary/aromatic N) is 1. The van der Waals surface area contributed by atoms with Gasteiger partial charge in [-0.25, -0.2) is 4.39 Å². The molecular weight excluding hydrogens is 371 g/mol. The molecule has 4 rings (SSSR count). The van der Waals surface area contributed by atoms with Crippen LogP contribution in [0, 0.1) is 19.7 Å². The summed E-state index contributed by atoms with van der Waals surface area (Å²) in [6.45, 7) is 3.83. The van der Waals surface area contributed by atoms with E-state index in [9.17, 15) is 9.18 Å². The van der Waals surface area contributed by atoms with Crippen molar-refractivity contribution in [3.8, 4) is 11.1 Å². The Bertz CT molecular complexity index is 1090. The maximum Gasteiger partial charge on any atom is 0.258 e. The highest BCUT2D eigenvalue weighted by Gasteiger charge is 2.15. The number of aliphatic imine (C=N–C) groups is 1. The molecule has 0 aliphatic carbocycles. The third kappa shape index (κ3) is 3.53. The second-order valence-corrected chi connectivity index (χ2v) is 7.99. The molecule has 0 spiro atoms. The molecule has 2 aromatic carbocycles. The number of aryl methyl sites for hydroxylation is 2. The van der Waals surface area contributed by atoms with Gasteiger partial charge in [0.05, 0.1) is 5.56 Å². The second kappa shape index (κ2) is 7.52. The van der Waals surface area contributed by atoms with Gasteiger partial charge < -0.3 is 5.32 Å². The van der Waals surface area contributed by atoms with Crippen molar-refractivity contribution in [1.82, 2.24) is 0 Å². The highest BCUT2D eigenvalue weighted by molar-refractivity contribution is 7.13. The summed E-state index contributed by atoms with van der Waals surface area (Å²) in [7, 11) is 0. The second-order valence-electron chi connectivity index (χ2n) is 6.73. The zero-order valence-electron chi connectivity index (χ0n) is 15.6. The van der Waals surface area contributed by atoms with Crippen LogP contribution in [0.3, 0.4) is 0 Å². The highest BCUT2D eigenvalue weighted by atomic mass is 32.1. The lowest BCUT2D eigenvalue weighted by molar-refractivity contribution is 0.102. The van der Waals surface area contributed by atoms with Gasteiger partial charge >= 0.3 is 0 Å². The van der Waals surface area contributed by atoms with Gasteiger partial charge in [0.15, 0.2) is 0 Å². The number of hydrogen-bond acceptors (Lipinski definition) is 3. The molecule has 0 saturated heterocycles. The topological polar surface area (TPSA) is 41.5 Å². The SMILES string of the molecule is Cc1cccc(F)c1C(=O)Nc1ccc(-c2cc(C3=CN=CC3)sc2C)cc1. The molecule has 0 fully saturated rings. The van der Waals surface area contributed by atoms with Crippen LogP contribution < -0.4 is 5.32 Å². The van der Waals surface area contributed by atoms with Crippen LogP contribution in [0.4, 0.5) is 10.1 Å². The molecule has 3 aromatic rings. The van der Waals surface area contributed by atoms with E-state index in [1.165, 1.54) is 27.0 Å². The monoisotopic (exact) mass is 390 g/mol. The van der Waals surface area contributed by atoms with Gasteiger partial charge in [-0.15, -0.1) is 11.3 Å². The van der Waals surface area contributed by atoms with E-state index in [2.05, 4.69) is 23.3 Å². The average molecular weight is 390 g/mol. The molecule has 1 amide bonds. The lowest BCUT2D eigenvalue weighted by atomic mass is 10.0. The Morgan fingerprint density at radius 2 is 1.93 bits per heavy atom. The Balaban J connectivity index is 1.54. The number of hydrogen-bond donors (Lipinski definition) is 1. The van der Waals surface area contributed by atoms with E-state index in [4.69, 9.17) is 0 Å². The molecule has 3 nitrogen and oxygen atoms in total. The van der Waals surface area contributed by atoms with Gasteiger partial charge in [0.25, 0.3) is 5.91 Å². The highest BCUT2D eigenvalue weighted by Crippen LogP contribution is 2.36. The summed E-state index contributed by atoms with van der Waals surface area (Å²) in [6, 6.07) is 14.5. The lowest BCUT2D eigenvalue weighted by Gasteiger charge is -2.09. The summed E-state index contributed by atoms with van der Waals surface area (Å²) >= 11 is 1.76. The van der Waals surface area contributed by atoms with E-state index in [1.54, 1.807) is 30.4 Å². The first-order valence-corrected chi connectivity index (χ1v) is 9.83. The molecule has 1 aliphatic heterocycles. The minimum absolute atomic E-state index is 0.0805. The molecule has 2 heterocycles. The van der Waals surface area contributed by atoms with E-state index in [0.717, 1.165) is 12.0 Å². The van der Waals surface area contributed by atoms with Crippen molar-refractivity contribution in [2.45, 2.75) is 20.3 Å². The molecule has 0 bridgehead atoms. The van der Waals surface area contributed by atoms with Crippen molar-refractivity contribution >= 4 is 34.7 Å². The minimum atomic E-state index is -0.513. The normalized spacial score (nSPS) is 12.9. The quantitative estimate of drug-likeness (QED) is 0.563. The summed E-state index contributed by atoms with van der Waals surface area (Å²) in [5.74, 6) is -0.953. The number of benzene rings is 2. The van der Waals surface area contributed by atoms with Crippen LogP contribution >= 0.6 is 11.3 Å². The lowest BCUT2D eigenvalue weighted by Crippen LogP contribution is -2.15. The summed E-state index contributed by atoms with van der Waals surface area (Å²) < 4.78 is 14.0. The van der Waals surface area contributed by atoms with Crippen LogP contribution in [0.5, 0.6) is 0 Å². The Morgan fingerprint density at radius 1 is 1.14 bits per heavy atom. The summed E-state index contributed by atoms with van der Waals surface area (Å²) in [5.41, 5.74) is 4.83. The number of carbonyl (C=O) groups excluding carboxylic acids is 1. The van der Waals surface area contributed by atoms with Crippen molar-refractivity contribution < 1.29 is 9.18 Å². The number of allylic oxidation sites excluding steroid dienone is 1. The number of nitrogens with one attached hydrogen (secondary N) is 1. The fourth-order valence-corrected chi connectivity index (χ4v) is 4.34. The van der Waals surface area contributed by atoms with Crippen molar-refractivity contribution in [3.05, 3.63) is 81.4 Å². The number of carbonyl (C=O) groups is 1. The molecular formula is C23H19FN2OS. The fourth-order valence-electron chi connectivity index (χ4n) is 3.28. The summed E-state index contributed by atoms with van der Waals surface area (Å²) in [5, 5.41) is 2.78. The van der Waals surface area contributed by atoms with E-state index in [-0.39, 0.29) is 5.56 Å². The van der Waals surface area contributed by atoms with Crippen LogP contribution in [0.25, 0.3) is 16.7 Å². The van der Waals surface area contributed by atoms with Gasteiger partial charge in [-0.2, -0.15) is 0 Å². The zero-order chi connectivity index (χ0) is 19.7. The molecule has 1 N–H and O–H groups in total. The maximum absolute atomic E-state index is 14.0. The molecule has 0 saturated carbocycles. The first-order valence-electron chi connectivity index (χ1n) is 9.01. The van der Waals surface area contributed by atoms with Gasteiger partial charge in [0, 0.05) is 34.3 Å². The number of amides is 1. The minimum Gasteiger partial charge on any atom is -0.322 e. The number of anilines is 1. The first kappa shape index (κ1) is 18.3. The zero-order valence-corrected chi connectivity index (χ0v) is 16.4. The van der Waals surface area contributed by atoms with Crippen LogP contribution in [0.15, 0.2) is 59.7 Å². The van der Waals surface area contributed by atoms with Gasteiger partial charge in [0.2, 0.25) is 0 Å². The summed E-state index contributed by atoms with van der Waals surface area (Å²) in [6.07, 6.45) is 4.71. The Hall–Kier alpha value is -3.05. The van der Waals surface area contributed by atoms with Crippen LogP contribution in [0.1, 0.15) is 32.1 Å². The van der Waals surface area contributed by atoms with E-state index in [0.29, 0.717) is 11.3 Å². The molecule has 1 aliphatic rings. The smallest absolute Gasteiger partial charge is 0.258 e. The standard InChI is InChI=1S/C23H19FN2OS/c1-14-4-3-5-20(24)22(14)23(27)26-18-8-6-16(7-9-18)19-12-21(28-15(19)2)17-10-11-25-13-17/h3-9,11-13H,10H2,1-2H3,(H,26,27). The maximum atomic E-state index is 14.0. The third-order valence-corrected chi connectivity index (χ3v) is 5.91. The predicted octanol–water partition coefficient (Wildman–Crippen LogP) is 6.24. The third-order valence-electron chi connectivity index (χ3n) is 4.78. The van der Waals surface area contributed by atoms with Gasteiger partial charge in [-0.05, 0) is 60.4 Å². The molecule has 5 heteroatoms. The molecule has 0 atom stereocenters. The molecule has 0 unspecified atom stereocenters. The number of thiophene rings is 1. The average Bonchev–Trinajstić information content (AvgIpc) is 3.32. The van der Waals surface area contributed by atoms with Gasteiger partial charge in [0.1, 0.15) is 5.82 Å². The fraction of sp³-hybridized carbons (Fsp3) is 0.130. The van der Waals surface area contributed by atoms with E-state index >= 15 is 0 Å². The van der Waals surface area contributed by atoms with E-state index < -0.39 is 11.7 Å². The van der Waals surface area contributed by atoms with Crippen LogP contribution in [-0.2, 0) is 0 Å². The van der Waals surface area contributed by atoms with Gasteiger partial charge in [-0.3, -0.25) is 9.79 Å². The largest absolute Gasteiger partial charge is 0.322 e. The van der Waals surface area contributed by atoms with Crippen LogP contribution in [-0.4, -0.2) is 12.1 Å². The number of halogens is 1. The Labute approximate surface area is 167 Å². The van der Waals surface area contributed by atoms with Crippen molar-refractivity contribution in [2.75, 3.05) is 5.32 Å². The summed E-state index contributed by atoms with van der Waals surface area (Å²) in [4.78, 5) is 19.1. The van der Waals surface area contributed by atoms with Crippen LogP contribution in [0.2, 0.25) is 0 Å². The van der Waals surface area contributed by atoms with Crippen molar-refractivity contribution in [2.24, 2.45) is 4.99 Å². The molecule has 28 heavy (non-hydrogen) atoms. The molecule has 1 aromatic heterocycles. The van der Waals surface area contributed by atoms with E-state index in [1.807, 2.05) is 36.7 Å². The van der Waals surface area contributed by atoms with Crippen molar-refractivity contribution in [1.29, 1.82) is 0 Å². The Kier molecular flexibility index (Phi) is 4.92. The predicted molar refractivity (Wildman–Crippen MR) is 115 cm³/mol. The van der Waals surface area contributed by atoms with Crippen molar-refractivity contribution in [3.63, 3.8) is 0 Å².